The molecule has 13 nitrogen and oxygen atoms in total. The molecule has 6 atom stereocenters. The summed E-state index contributed by atoms with van der Waals surface area (Å²) < 4.78 is 41.6. The van der Waals surface area contributed by atoms with Gasteiger partial charge < -0.3 is 14.9 Å². The van der Waals surface area contributed by atoms with E-state index in [1.54, 1.807) is 0 Å². The summed E-state index contributed by atoms with van der Waals surface area (Å²) in [6, 6.07) is 0.970. The molecule has 1 fully saturated rings. The van der Waals surface area contributed by atoms with Gasteiger partial charge >= 0.3 is 21.8 Å². The molecule has 0 amide bonds. The SMILES string of the molecule is COP(=O)(O[C@H]1O[C@@H](n2ccc(=O)[nH]c2=O)[C@H](O)[C@@H]1O)O[P+](=O)O. The molecule has 2 heterocycles. The third kappa shape index (κ3) is 4.03. The van der Waals surface area contributed by atoms with E-state index in [-0.39, 0.29) is 0 Å². The number of phosphoric acid groups is 1. The highest BCUT2D eigenvalue weighted by Crippen LogP contribution is 2.57. The lowest BCUT2D eigenvalue weighted by Gasteiger charge is -2.17. The highest BCUT2D eigenvalue weighted by molar-refractivity contribution is 7.56. The molecule has 0 bridgehead atoms. The quantitative estimate of drug-likeness (QED) is 0.418. The maximum atomic E-state index is 12.0. The predicted molar refractivity (Wildman–Crippen MR) is 73.9 cm³/mol. The fraction of sp³-hybridized carbons (Fsp3) is 0.556. The van der Waals surface area contributed by atoms with Gasteiger partial charge in [0.1, 0.15) is 12.2 Å². The first-order valence-electron chi connectivity index (χ1n) is 6.20. The standard InChI is InChI=1S/C9H12N2O11P2/c1-19-24(18,22-23(16)17)21-8-6(14)5(13)7(20-8)11-3-2-4(12)10-9(11)15/h2-3,5-8,13-14H,1H3,(H-,10,12,15,16,17)/p+1/t5-,6+,7-,8-,24?/m1/s1. The highest BCUT2D eigenvalue weighted by Gasteiger charge is 2.50. The van der Waals surface area contributed by atoms with Crippen LogP contribution in [0.15, 0.2) is 21.9 Å². The number of aromatic amines is 1. The Morgan fingerprint density at radius 3 is 2.58 bits per heavy atom. The summed E-state index contributed by atoms with van der Waals surface area (Å²) in [4.78, 5) is 33.3. The minimum atomic E-state index is -4.58. The molecule has 1 saturated heterocycles. The molecular formula is C9H13N2O11P2+. The van der Waals surface area contributed by atoms with Crippen LogP contribution in [0.25, 0.3) is 0 Å². The number of hydrogen-bond acceptors (Lipinski definition) is 10. The van der Waals surface area contributed by atoms with Crippen LogP contribution in [0.4, 0.5) is 0 Å². The molecule has 24 heavy (non-hydrogen) atoms. The van der Waals surface area contributed by atoms with Crippen molar-refractivity contribution in [2.24, 2.45) is 0 Å². The third-order valence-electron chi connectivity index (χ3n) is 2.95. The van der Waals surface area contributed by atoms with Crippen molar-refractivity contribution in [3.8, 4) is 0 Å². The average molecular weight is 387 g/mol. The second kappa shape index (κ2) is 7.31. The molecule has 1 aliphatic heterocycles. The minimum Gasteiger partial charge on any atom is -0.385 e. The van der Waals surface area contributed by atoms with Gasteiger partial charge in [-0.2, -0.15) is 0 Å². The van der Waals surface area contributed by atoms with E-state index in [1.165, 1.54) is 0 Å². The molecular weight excluding hydrogens is 374 g/mol. The van der Waals surface area contributed by atoms with Gasteiger partial charge in [0.2, 0.25) is 0 Å². The van der Waals surface area contributed by atoms with Crippen molar-refractivity contribution in [3.63, 3.8) is 0 Å². The number of ether oxygens (including phenoxy) is 1. The van der Waals surface area contributed by atoms with Gasteiger partial charge in [0.15, 0.2) is 12.5 Å². The number of hydrogen-bond donors (Lipinski definition) is 4. The third-order valence-corrected chi connectivity index (χ3v) is 5.22. The first-order chi connectivity index (χ1) is 11.2. The van der Waals surface area contributed by atoms with Crippen molar-refractivity contribution < 1.29 is 42.3 Å². The van der Waals surface area contributed by atoms with Crippen molar-refractivity contribution in [2.45, 2.75) is 24.7 Å². The maximum Gasteiger partial charge on any atom is 0.705 e. The van der Waals surface area contributed by atoms with Crippen LogP contribution in [0, 0.1) is 0 Å². The van der Waals surface area contributed by atoms with Crippen LogP contribution in [0.3, 0.4) is 0 Å². The number of nitrogens with one attached hydrogen (secondary N) is 1. The van der Waals surface area contributed by atoms with E-state index in [0.717, 1.165) is 23.9 Å². The van der Waals surface area contributed by atoms with Gasteiger partial charge in [-0.15, -0.1) is 4.89 Å². The van der Waals surface area contributed by atoms with Crippen LogP contribution in [-0.2, 0) is 27.2 Å². The lowest BCUT2D eigenvalue weighted by molar-refractivity contribution is -0.135. The van der Waals surface area contributed by atoms with Crippen molar-refractivity contribution in [3.05, 3.63) is 33.1 Å². The first-order valence-corrected chi connectivity index (χ1v) is 8.79. The van der Waals surface area contributed by atoms with Gasteiger partial charge in [0.05, 0.1) is 0 Å². The number of aliphatic hydroxyl groups is 2. The summed E-state index contributed by atoms with van der Waals surface area (Å²) in [6.07, 6.45) is -5.84. The molecule has 0 spiro atoms. The van der Waals surface area contributed by atoms with Crippen LogP contribution >= 0.6 is 16.1 Å². The maximum absolute atomic E-state index is 12.0. The fourth-order valence-electron chi connectivity index (χ4n) is 1.88. The van der Waals surface area contributed by atoms with Crippen molar-refractivity contribution in [1.29, 1.82) is 0 Å². The highest BCUT2D eigenvalue weighted by atomic mass is 31.2. The summed E-state index contributed by atoms with van der Waals surface area (Å²) in [7, 11) is -7.09. The Labute approximate surface area is 133 Å². The first kappa shape index (κ1) is 19.1. The molecule has 134 valence electrons. The molecule has 0 radical (unpaired) electrons. The second-order valence-corrected chi connectivity index (χ2v) is 7.05. The zero-order valence-electron chi connectivity index (χ0n) is 11.9. The van der Waals surface area contributed by atoms with E-state index >= 15 is 0 Å². The average Bonchev–Trinajstić information content (AvgIpc) is 2.75. The van der Waals surface area contributed by atoms with E-state index in [9.17, 15) is 28.9 Å². The Balaban J connectivity index is 2.23. The van der Waals surface area contributed by atoms with E-state index in [0.29, 0.717) is 0 Å². The minimum absolute atomic E-state index is 0.693. The number of rotatable bonds is 6. The summed E-state index contributed by atoms with van der Waals surface area (Å²) in [6.45, 7) is 0. The largest absolute Gasteiger partial charge is 0.705 e. The number of phosphoric ester groups is 1. The van der Waals surface area contributed by atoms with Crippen LogP contribution in [-0.4, -0.2) is 50.3 Å². The van der Waals surface area contributed by atoms with Gasteiger partial charge in [0.25, 0.3) is 5.56 Å². The van der Waals surface area contributed by atoms with E-state index in [1.807, 2.05) is 4.98 Å². The van der Waals surface area contributed by atoms with E-state index in [4.69, 9.17) is 14.2 Å². The number of nitrogens with zero attached hydrogens (tertiary/aromatic N) is 1. The Morgan fingerprint density at radius 1 is 1.38 bits per heavy atom. The fourth-order valence-corrected chi connectivity index (χ4v) is 3.50. The molecule has 4 N–H and O–H groups in total. The summed E-state index contributed by atoms with van der Waals surface area (Å²) in [5, 5.41) is 19.8. The molecule has 1 aliphatic rings. The Hall–Kier alpha value is -1.27. The molecule has 15 heteroatoms. The topological polar surface area (TPSA) is 187 Å². The van der Waals surface area contributed by atoms with Gasteiger partial charge in [-0.3, -0.25) is 23.4 Å². The van der Waals surface area contributed by atoms with Gasteiger partial charge in [-0.25, -0.2) is 9.36 Å². The molecule has 1 aromatic rings. The zero-order chi connectivity index (χ0) is 18.1. The number of aliphatic hydroxyl groups excluding tert-OH is 2. The molecule has 1 aromatic heterocycles. The molecule has 0 aliphatic carbocycles. The summed E-state index contributed by atoms with van der Waals surface area (Å²) in [5.41, 5.74) is -1.63. The van der Waals surface area contributed by atoms with Crippen LogP contribution in [0.2, 0.25) is 0 Å². The molecule has 2 unspecified atom stereocenters. The molecule has 0 saturated carbocycles. The van der Waals surface area contributed by atoms with Crippen molar-refractivity contribution in [1.82, 2.24) is 9.55 Å². The van der Waals surface area contributed by atoms with Crippen LogP contribution in [0.1, 0.15) is 6.23 Å². The van der Waals surface area contributed by atoms with E-state index < -0.39 is 52.1 Å². The molecule has 2 rings (SSSR count). The summed E-state index contributed by atoms with van der Waals surface area (Å²) in [5.74, 6) is 0. The zero-order valence-corrected chi connectivity index (χ0v) is 13.7. The monoisotopic (exact) mass is 387 g/mol. The number of aromatic nitrogens is 2. The smallest absolute Gasteiger partial charge is 0.385 e. The predicted octanol–water partition coefficient (Wildman–Crippen LogP) is -1.45. The van der Waals surface area contributed by atoms with Gasteiger partial charge in [-0.05, 0) is 4.31 Å². The number of H-pyrrole nitrogens is 1. The van der Waals surface area contributed by atoms with Gasteiger partial charge in [0, 0.05) is 23.9 Å². The Bertz CT molecular complexity index is 775. The van der Waals surface area contributed by atoms with Crippen LogP contribution in [0.5, 0.6) is 0 Å². The Morgan fingerprint density at radius 2 is 2.04 bits per heavy atom. The van der Waals surface area contributed by atoms with E-state index in [2.05, 4.69) is 8.83 Å². The lowest BCUT2D eigenvalue weighted by Crippen LogP contribution is -2.37. The normalized spacial score (nSPS) is 30.1. The Kier molecular flexibility index (Phi) is 5.81. The second-order valence-electron chi connectivity index (χ2n) is 4.45. The van der Waals surface area contributed by atoms with Crippen molar-refractivity contribution in [2.75, 3.05) is 7.11 Å². The van der Waals surface area contributed by atoms with Crippen LogP contribution < -0.4 is 11.2 Å². The summed E-state index contributed by atoms with van der Waals surface area (Å²) >= 11 is 0. The molecule has 0 aromatic carbocycles. The van der Waals surface area contributed by atoms with Crippen molar-refractivity contribution >= 4 is 16.1 Å². The lowest BCUT2D eigenvalue weighted by atomic mass is 10.2. The van der Waals surface area contributed by atoms with Gasteiger partial charge in [-0.1, -0.05) is 0 Å².